The number of ether oxygens (including phenoxy) is 1. The highest BCUT2D eigenvalue weighted by Crippen LogP contribution is 2.23. The minimum Gasteiger partial charge on any atom is -0.508 e. The number of hydrogen-bond acceptors (Lipinski definition) is 5. The number of nitrogens with zero attached hydrogens (tertiary/aromatic N) is 1. The minimum absolute atomic E-state index is 0.0610. The van der Waals surface area contributed by atoms with E-state index in [-0.39, 0.29) is 35.4 Å². The highest BCUT2D eigenvalue weighted by atomic mass is 16.5. The molecule has 0 aliphatic rings. The summed E-state index contributed by atoms with van der Waals surface area (Å²) in [5.41, 5.74) is 0.223. The first-order valence-corrected chi connectivity index (χ1v) is 6.24. The second-order valence-corrected chi connectivity index (χ2v) is 4.68. The van der Waals surface area contributed by atoms with E-state index in [1.165, 1.54) is 18.2 Å². The Morgan fingerprint density at radius 1 is 1.37 bits per heavy atom. The molecule has 0 saturated carbocycles. The van der Waals surface area contributed by atoms with Crippen LogP contribution in [0.4, 0.5) is 0 Å². The fourth-order valence-electron chi connectivity index (χ4n) is 1.75. The molecule has 0 fully saturated rings. The predicted octanol–water partition coefficient (Wildman–Crippen LogP) is 1.64. The lowest BCUT2D eigenvalue weighted by molar-refractivity contribution is 0.0849. The highest BCUT2D eigenvalue weighted by Gasteiger charge is 2.17. The van der Waals surface area contributed by atoms with Gasteiger partial charge in [0.2, 0.25) is 0 Å². The van der Waals surface area contributed by atoms with Crippen molar-refractivity contribution in [1.82, 2.24) is 4.90 Å². The molecule has 0 radical (unpaired) electrons. The van der Waals surface area contributed by atoms with Crippen LogP contribution in [0.2, 0.25) is 0 Å². The van der Waals surface area contributed by atoms with E-state index in [9.17, 15) is 15.0 Å². The Morgan fingerprint density at radius 2 is 2.05 bits per heavy atom. The highest BCUT2D eigenvalue weighted by molar-refractivity contribution is 6.00. The lowest BCUT2D eigenvalue weighted by atomic mass is 10.1. The Hall–Kier alpha value is -1.59. The van der Waals surface area contributed by atoms with Crippen LogP contribution >= 0.6 is 0 Å². The zero-order chi connectivity index (χ0) is 14.4. The summed E-state index contributed by atoms with van der Waals surface area (Å²) in [6, 6.07) is 4.20. The molecular formula is C14H21NO4. The van der Waals surface area contributed by atoms with E-state index in [2.05, 4.69) is 0 Å². The minimum atomic E-state index is -0.194. The van der Waals surface area contributed by atoms with E-state index >= 15 is 0 Å². The van der Waals surface area contributed by atoms with Crippen LogP contribution in [0, 0.1) is 0 Å². The first-order valence-electron chi connectivity index (χ1n) is 6.24. The molecular weight excluding hydrogens is 246 g/mol. The van der Waals surface area contributed by atoms with E-state index in [1.54, 1.807) is 7.11 Å². The molecule has 106 valence electrons. The van der Waals surface area contributed by atoms with Gasteiger partial charge in [-0.2, -0.15) is 0 Å². The number of methoxy groups -OCH3 is 1. The molecule has 0 aromatic heterocycles. The first-order chi connectivity index (χ1) is 8.95. The average molecular weight is 267 g/mol. The summed E-state index contributed by atoms with van der Waals surface area (Å²) in [6.45, 7) is 5.41. The molecule has 0 aliphatic heterocycles. The smallest absolute Gasteiger partial charge is 0.180 e. The summed E-state index contributed by atoms with van der Waals surface area (Å²) >= 11 is 0. The number of phenols is 2. The van der Waals surface area contributed by atoms with Gasteiger partial charge in [-0.1, -0.05) is 0 Å². The van der Waals surface area contributed by atoms with Crippen LogP contribution in [0.5, 0.6) is 11.5 Å². The molecule has 0 aliphatic carbocycles. The van der Waals surface area contributed by atoms with E-state index in [0.717, 1.165) is 0 Å². The number of phenolic OH excluding ortho intramolecular Hbond substituents is 2. The van der Waals surface area contributed by atoms with Crippen LogP contribution in [-0.4, -0.2) is 53.7 Å². The maximum absolute atomic E-state index is 12.1. The van der Waals surface area contributed by atoms with Gasteiger partial charge in [-0.15, -0.1) is 0 Å². The summed E-state index contributed by atoms with van der Waals surface area (Å²) < 4.78 is 5.01. The number of carbonyl (C=O) groups is 1. The van der Waals surface area contributed by atoms with Crippen molar-refractivity contribution in [2.24, 2.45) is 0 Å². The van der Waals surface area contributed by atoms with Crippen molar-refractivity contribution in [1.29, 1.82) is 0 Å². The van der Waals surface area contributed by atoms with Gasteiger partial charge in [0.15, 0.2) is 5.78 Å². The van der Waals surface area contributed by atoms with Crippen molar-refractivity contribution < 1.29 is 19.7 Å². The number of benzene rings is 1. The lowest BCUT2D eigenvalue weighted by Crippen LogP contribution is -2.38. The van der Waals surface area contributed by atoms with Crippen molar-refractivity contribution in [2.45, 2.75) is 19.9 Å². The molecule has 0 atom stereocenters. The van der Waals surface area contributed by atoms with E-state index < -0.39 is 0 Å². The Labute approximate surface area is 113 Å². The first kappa shape index (κ1) is 15.5. The molecule has 0 spiro atoms. The Bertz CT molecular complexity index is 431. The van der Waals surface area contributed by atoms with E-state index in [0.29, 0.717) is 13.2 Å². The average Bonchev–Trinajstić information content (AvgIpc) is 2.33. The van der Waals surface area contributed by atoms with Crippen molar-refractivity contribution >= 4 is 5.78 Å². The van der Waals surface area contributed by atoms with Crippen LogP contribution in [0.15, 0.2) is 18.2 Å². The molecule has 1 aromatic rings. The van der Waals surface area contributed by atoms with Gasteiger partial charge in [-0.05, 0) is 26.0 Å². The maximum atomic E-state index is 12.1. The number of carbonyl (C=O) groups excluding carboxylic acids is 1. The Morgan fingerprint density at radius 3 is 2.58 bits per heavy atom. The van der Waals surface area contributed by atoms with Crippen molar-refractivity contribution in [2.75, 3.05) is 26.8 Å². The predicted molar refractivity (Wildman–Crippen MR) is 72.7 cm³/mol. The van der Waals surface area contributed by atoms with E-state index in [4.69, 9.17) is 4.74 Å². The molecule has 2 N–H and O–H groups in total. The number of hydrogen-bond donors (Lipinski definition) is 2. The van der Waals surface area contributed by atoms with Crippen LogP contribution in [0.3, 0.4) is 0 Å². The fraction of sp³-hybridized carbons (Fsp3) is 0.500. The molecule has 0 heterocycles. The van der Waals surface area contributed by atoms with Gasteiger partial charge in [0.05, 0.1) is 18.7 Å². The second kappa shape index (κ2) is 7.11. The molecule has 0 amide bonds. The summed E-state index contributed by atoms with van der Waals surface area (Å²) in [6.07, 6.45) is 0. The van der Waals surface area contributed by atoms with Gasteiger partial charge in [-0.3, -0.25) is 9.69 Å². The zero-order valence-electron chi connectivity index (χ0n) is 11.6. The third-order valence-corrected chi connectivity index (χ3v) is 2.94. The summed E-state index contributed by atoms with van der Waals surface area (Å²) in [4.78, 5) is 14.1. The molecule has 5 nitrogen and oxygen atoms in total. The van der Waals surface area contributed by atoms with Crippen LogP contribution < -0.4 is 0 Å². The molecule has 1 rings (SSSR count). The summed E-state index contributed by atoms with van der Waals surface area (Å²) in [7, 11) is 1.62. The molecule has 5 heteroatoms. The molecule has 0 saturated heterocycles. The third kappa shape index (κ3) is 4.54. The number of Topliss-reactive ketones (excluding diaryl/α,β-unsaturated/α-hetero) is 1. The lowest BCUT2D eigenvalue weighted by Gasteiger charge is -2.25. The van der Waals surface area contributed by atoms with Gasteiger partial charge < -0.3 is 14.9 Å². The van der Waals surface area contributed by atoms with Gasteiger partial charge in [-0.25, -0.2) is 0 Å². The second-order valence-electron chi connectivity index (χ2n) is 4.68. The molecule has 0 unspecified atom stereocenters. The SMILES string of the molecule is COCCN(CC(=O)c1ccc(O)cc1O)C(C)C. The van der Waals surface area contributed by atoms with E-state index in [1.807, 2.05) is 18.7 Å². The van der Waals surface area contributed by atoms with Gasteiger partial charge in [0.25, 0.3) is 0 Å². The molecule has 1 aromatic carbocycles. The zero-order valence-corrected chi connectivity index (χ0v) is 11.6. The van der Waals surface area contributed by atoms with Crippen LogP contribution in [0.25, 0.3) is 0 Å². The maximum Gasteiger partial charge on any atom is 0.180 e. The number of aromatic hydroxyl groups is 2. The van der Waals surface area contributed by atoms with Crippen molar-refractivity contribution in [3.63, 3.8) is 0 Å². The van der Waals surface area contributed by atoms with Gasteiger partial charge in [0.1, 0.15) is 11.5 Å². The summed E-state index contributed by atoms with van der Waals surface area (Å²) in [5.74, 6) is -0.433. The Kier molecular flexibility index (Phi) is 5.79. The molecule has 19 heavy (non-hydrogen) atoms. The van der Waals surface area contributed by atoms with Crippen LogP contribution in [0.1, 0.15) is 24.2 Å². The quantitative estimate of drug-likeness (QED) is 0.735. The summed E-state index contributed by atoms with van der Waals surface area (Å²) in [5, 5.41) is 18.9. The fourth-order valence-corrected chi connectivity index (χ4v) is 1.75. The largest absolute Gasteiger partial charge is 0.508 e. The molecule has 0 bridgehead atoms. The van der Waals surface area contributed by atoms with Gasteiger partial charge >= 0.3 is 0 Å². The Balaban J connectivity index is 2.76. The standard InChI is InChI=1S/C14H21NO4/c1-10(2)15(6-7-19-3)9-14(18)12-5-4-11(16)8-13(12)17/h4-5,8,10,16-17H,6-7,9H2,1-3H3. The van der Waals surface area contributed by atoms with Crippen molar-refractivity contribution in [3.05, 3.63) is 23.8 Å². The normalized spacial score (nSPS) is 11.2. The topological polar surface area (TPSA) is 70.0 Å². The monoisotopic (exact) mass is 267 g/mol. The van der Waals surface area contributed by atoms with Crippen LogP contribution in [-0.2, 0) is 4.74 Å². The number of rotatable bonds is 7. The van der Waals surface area contributed by atoms with Crippen molar-refractivity contribution in [3.8, 4) is 11.5 Å². The third-order valence-electron chi connectivity index (χ3n) is 2.94. The van der Waals surface area contributed by atoms with Gasteiger partial charge in [0, 0.05) is 25.8 Å². The number of ketones is 1.